The summed E-state index contributed by atoms with van der Waals surface area (Å²) in [5, 5.41) is 10.2. The topological polar surface area (TPSA) is 99.5 Å². The lowest BCUT2D eigenvalue weighted by atomic mass is 9.77. The Morgan fingerprint density at radius 1 is 1.17 bits per heavy atom. The van der Waals surface area contributed by atoms with E-state index >= 15 is 0 Å². The zero-order valence-electron chi connectivity index (χ0n) is 21.6. The Balaban J connectivity index is 1.75. The van der Waals surface area contributed by atoms with E-state index in [1.54, 1.807) is 12.1 Å². The zero-order chi connectivity index (χ0) is 25.8. The third kappa shape index (κ3) is 5.19. The van der Waals surface area contributed by atoms with Gasteiger partial charge in [-0.2, -0.15) is 0 Å². The number of hydrogen-bond donors (Lipinski definition) is 1. The summed E-state index contributed by atoms with van der Waals surface area (Å²) < 4.78 is 26.2. The molecule has 35 heavy (non-hydrogen) atoms. The van der Waals surface area contributed by atoms with Crippen LogP contribution in [0.5, 0.6) is 0 Å². The van der Waals surface area contributed by atoms with Crippen molar-refractivity contribution >= 4 is 35.5 Å². The molecule has 10 heteroatoms. The van der Waals surface area contributed by atoms with Crippen LogP contribution < -0.4 is 5.46 Å². The first-order chi connectivity index (χ1) is 16.2. The van der Waals surface area contributed by atoms with Crippen LogP contribution in [0.4, 0.5) is 4.79 Å². The van der Waals surface area contributed by atoms with Gasteiger partial charge < -0.3 is 33.4 Å². The third-order valence-electron chi connectivity index (χ3n) is 6.84. The first-order valence-electron chi connectivity index (χ1n) is 12.0. The Labute approximate surface area is 206 Å². The molecule has 2 fully saturated rings. The number of carbonyl (C=O) groups excluding carboxylic acids is 1. The molecule has 0 bridgehead atoms. The minimum Gasteiger partial charge on any atom is -0.465 e. The predicted molar refractivity (Wildman–Crippen MR) is 132 cm³/mol. The fourth-order valence-electron chi connectivity index (χ4n) is 4.36. The molecule has 9 nitrogen and oxygen atoms in total. The molecular formula is C25H35BN2O7. The minimum atomic E-state index is -0.949. The molecule has 1 amide bonds. The molecule has 190 valence electrons. The van der Waals surface area contributed by atoms with Gasteiger partial charge in [0.05, 0.1) is 42.6 Å². The Hall–Kier alpha value is -2.56. The monoisotopic (exact) mass is 486 g/mol. The highest BCUT2D eigenvalue weighted by atomic mass is 16.7. The minimum absolute atomic E-state index is 0.289. The Kier molecular flexibility index (Phi) is 6.44. The van der Waals surface area contributed by atoms with Crippen molar-refractivity contribution in [2.75, 3.05) is 19.7 Å². The molecule has 1 aromatic carbocycles. The van der Waals surface area contributed by atoms with Gasteiger partial charge in [0.15, 0.2) is 0 Å². The van der Waals surface area contributed by atoms with Gasteiger partial charge in [-0.05, 0) is 66.7 Å². The number of carboxylic acid groups (broad SMARTS) is 1. The second-order valence-corrected chi connectivity index (χ2v) is 11.3. The number of benzene rings is 1. The van der Waals surface area contributed by atoms with Gasteiger partial charge in [0.2, 0.25) is 0 Å². The van der Waals surface area contributed by atoms with Crippen LogP contribution in [0.15, 0.2) is 24.4 Å². The summed E-state index contributed by atoms with van der Waals surface area (Å²) in [4.78, 5) is 25.8. The van der Waals surface area contributed by atoms with E-state index < -0.39 is 36.0 Å². The summed E-state index contributed by atoms with van der Waals surface area (Å²) in [6.07, 6.45) is 0.671. The fourth-order valence-corrected chi connectivity index (χ4v) is 4.36. The number of nitrogens with zero attached hydrogens (tertiary/aromatic N) is 2. The van der Waals surface area contributed by atoms with Gasteiger partial charge in [0.1, 0.15) is 5.60 Å². The molecule has 1 unspecified atom stereocenters. The molecule has 2 aliphatic heterocycles. The first-order valence-corrected chi connectivity index (χ1v) is 12.0. The van der Waals surface area contributed by atoms with Crippen molar-refractivity contribution in [2.24, 2.45) is 0 Å². The average molecular weight is 486 g/mol. The molecule has 2 saturated heterocycles. The highest BCUT2D eigenvalue weighted by Gasteiger charge is 2.52. The number of ether oxygens (including phenoxy) is 2. The number of morpholine rings is 1. The molecule has 2 aliphatic rings. The van der Waals surface area contributed by atoms with Crippen LogP contribution in [0, 0.1) is 0 Å². The van der Waals surface area contributed by atoms with Crippen molar-refractivity contribution < 1.29 is 33.5 Å². The molecule has 0 spiro atoms. The largest absolute Gasteiger partial charge is 0.497 e. The molecule has 4 rings (SSSR count). The maximum absolute atomic E-state index is 13.0. The van der Waals surface area contributed by atoms with Crippen molar-refractivity contribution in [1.29, 1.82) is 0 Å². The molecule has 1 N–H and O–H groups in total. The van der Waals surface area contributed by atoms with E-state index in [-0.39, 0.29) is 12.6 Å². The second-order valence-electron chi connectivity index (χ2n) is 11.3. The first kappa shape index (κ1) is 25.5. The van der Waals surface area contributed by atoms with Gasteiger partial charge in [0.25, 0.3) is 0 Å². The number of fused-ring (bicyclic) bond motifs is 1. The van der Waals surface area contributed by atoms with E-state index in [0.29, 0.717) is 25.3 Å². The van der Waals surface area contributed by atoms with Crippen LogP contribution in [-0.4, -0.2) is 76.4 Å². The summed E-state index contributed by atoms with van der Waals surface area (Å²) in [6.45, 7) is 14.9. The van der Waals surface area contributed by atoms with Crippen molar-refractivity contribution in [2.45, 2.75) is 77.9 Å². The number of hydrogen-bond acceptors (Lipinski definition) is 6. The van der Waals surface area contributed by atoms with Crippen LogP contribution in [0.2, 0.25) is 0 Å². The molecule has 1 aromatic heterocycles. The van der Waals surface area contributed by atoms with Gasteiger partial charge >= 0.3 is 19.2 Å². The van der Waals surface area contributed by atoms with Crippen LogP contribution in [-0.2, 0) is 25.3 Å². The Bertz CT molecular complexity index is 1120. The predicted octanol–water partition coefficient (Wildman–Crippen LogP) is 3.27. The molecule has 1 atom stereocenters. The van der Waals surface area contributed by atoms with E-state index in [9.17, 15) is 14.7 Å². The van der Waals surface area contributed by atoms with Crippen LogP contribution in [0.25, 0.3) is 10.9 Å². The van der Waals surface area contributed by atoms with E-state index in [4.69, 9.17) is 18.8 Å². The van der Waals surface area contributed by atoms with E-state index in [0.717, 1.165) is 16.4 Å². The van der Waals surface area contributed by atoms with E-state index in [1.165, 1.54) is 4.90 Å². The van der Waals surface area contributed by atoms with E-state index in [2.05, 4.69) is 0 Å². The zero-order valence-corrected chi connectivity index (χ0v) is 21.6. The average Bonchev–Trinajstić information content (AvgIpc) is 3.23. The fraction of sp³-hybridized carbons (Fsp3) is 0.600. The number of aromatic nitrogens is 1. The molecule has 0 aliphatic carbocycles. The summed E-state index contributed by atoms with van der Waals surface area (Å²) in [5.41, 5.74) is 0.248. The quantitative estimate of drug-likeness (QED) is 0.523. The lowest BCUT2D eigenvalue weighted by Gasteiger charge is -2.32. The van der Waals surface area contributed by atoms with Crippen molar-refractivity contribution in [1.82, 2.24) is 9.47 Å². The SMILES string of the molecule is CC(C)(C)OC(=O)c1cc(B2OC(C)(C)C(C)(C)O2)c2c(ccn2CC2CN(C(=O)O)CCO2)c1. The summed E-state index contributed by atoms with van der Waals surface area (Å²) in [7, 11) is -0.693. The second kappa shape index (κ2) is 8.83. The van der Waals surface area contributed by atoms with Gasteiger partial charge in [-0.3, -0.25) is 0 Å². The number of rotatable bonds is 4. The third-order valence-corrected chi connectivity index (χ3v) is 6.84. The van der Waals surface area contributed by atoms with Gasteiger partial charge in [0, 0.05) is 29.1 Å². The summed E-state index contributed by atoms with van der Waals surface area (Å²) in [5.74, 6) is -0.419. The van der Waals surface area contributed by atoms with Gasteiger partial charge in [-0.15, -0.1) is 0 Å². The maximum Gasteiger partial charge on any atom is 0.497 e. The van der Waals surface area contributed by atoms with E-state index in [1.807, 2.05) is 65.3 Å². The standard InChI is InChI=1S/C25H35BN2O7/c1-23(2,3)33-21(29)17-12-16-8-9-27(14-18-15-28(22(30)31)10-11-32-18)20(16)19(13-17)26-34-24(4,5)25(6,7)35-26/h8-9,12-13,18H,10-11,14-15H2,1-7H3,(H,30,31). The summed E-state index contributed by atoms with van der Waals surface area (Å²) >= 11 is 0. The highest BCUT2D eigenvalue weighted by molar-refractivity contribution is 6.65. The van der Waals surface area contributed by atoms with Crippen LogP contribution in [0.3, 0.4) is 0 Å². The van der Waals surface area contributed by atoms with Crippen molar-refractivity contribution in [3.05, 3.63) is 30.0 Å². The lowest BCUT2D eigenvalue weighted by Crippen LogP contribution is -2.46. The van der Waals surface area contributed by atoms with Gasteiger partial charge in [-0.1, -0.05) is 0 Å². The number of esters is 1. The smallest absolute Gasteiger partial charge is 0.465 e. The molecule has 2 aromatic rings. The molecular weight excluding hydrogens is 451 g/mol. The number of amides is 1. The lowest BCUT2D eigenvalue weighted by molar-refractivity contribution is -0.0287. The molecule has 3 heterocycles. The van der Waals surface area contributed by atoms with Crippen molar-refractivity contribution in [3.63, 3.8) is 0 Å². The van der Waals surface area contributed by atoms with Gasteiger partial charge in [-0.25, -0.2) is 9.59 Å². The highest BCUT2D eigenvalue weighted by Crippen LogP contribution is 2.37. The molecule has 0 radical (unpaired) electrons. The van der Waals surface area contributed by atoms with Crippen LogP contribution in [0.1, 0.15) is 58.8 Å². The van der Waals surface area contributed by atoms with Crippen molar-refractivity contribution in [3.8, 4) is 0 Å². The normalized spacial score (nSPS) is 22.0. The maximum atomic E-state index is 13.0. The Morgan fingerprint density at radius 2 is 1.83 bits per heavy atom. The van der Waals surface area contributed by atoms with Crippen LogP contribution >= 0.6 is 0 Å². The number of carbonyl (C=O) groups is 2. The summed E-state index contributed by atoms with van der Waals surface area (Å²) in [6, 6.07) is 5.51. The Morgan fingerprint density at radius 3 is 2.43 bits per heavy atom. The molecule has 0 saturated carbocycles.